The summed E-state index contributed by atoms with van der Waals surface area (Å²) < 4.78 is 10.7. The number of fused-ring (bicyclic) bond motifs is 2. The smallest absolute Gasteiger partial charge is 0.318 e. The lowest BCUT2D eigenvalue weighted by Crippen LogP contribution is -2.31. The summed E-state index contributed by atoms with van der Waals surface area (Å²) in [5, 5.41) is 8.75. The van der Waals surface area contributed by atoms with Gasteiger partial charge in [0.1, 0.15) is 29.6 Å². The number of ether oxygens (including phenoxy) is 2. The summed E-state index contributed by atoms with van der Waals surface area (Å²) in [5.74, 6) is -1.30. The molecule has 0 spiro atoms. The van der Waals surface area contributed by atoms with Gasteiger partial charge in [-0.15, -0.1) is 0 Å². The van der Waals surface area contributed by atoms with Crippen LogP contribution in [0.15, 0.2) is 45.8 Å². The highest BCUT2D eigenvalue weighted by molar-refractivity contribution is 6.25. The van der Waals surface area contributed by atoms with Crippen molar-refractivity contribution in [3.05, 3.63) is 41.3 Å². The second-order valence-corrected chi connectivity index (χ2v) is 6.06. The number of anilines is 1. The van der Waals surface area contributed by atoms with Crippen molar-refractivity contribution < 1.29 is 19.1 Å². The van der Waals surface area contributed by atoms with E-state index in [1.807, 2.05) is 24.3 Å². The number of methoxy groups -OCH3 is 1. The lowest BCUT2D eigenvalue weighted by atomic mass is 9.92. The molecule has 1 amide bonds. The van der Waals surface area contributed by atoms with E-state index in [2.05, 4.69) is 15.4 Å². The molecule has 2 atom stereocenters. The molecule has 3 aliphatic heterocycles. The Balaban J connectivity index is 1.79. The summed E-state index contributed by atoms with van der Waals surface area (Å²) in [6.45, 7) is 2.33. The van der Waals surface area contributed by atoms with E-state index < -0.39 is 11.8 Å². The fraction of sp³-hybridized carbons (Fsp3) is 0.333. The van der Waals surface area contributed by atoms with Crippen LogP contribution in [-0.2, 0) is 19.1 Å². The molecule has 8 nitrogen and oxygen atoms in total. The molecule has 134 valence electrons. The third-order valence-corrected chi connectivity index (χ3v) is 4.65. The summed E-state index contributed by atoms with van der Waals surface area (Å²) in [6, 6.07) is 7.48. The first-order valence-corrected chi connectivity index (χ1v) is 8.38. The van der Waals surface area contributed by atoms with Crippen molar-refractivity contribution in [1.29, 1.82) is 0 Å². The molecule has 0 saturated heterocycles. The number of carbonyl (C=O) groups excluding carboxylic acids is 2. The molecular formula is C18H18N4O4. The Bertz CT molecular complexity index is 874. The summed E-state index contributed by atoms with van der Waals surface area (Å²) in [6.07, 6.45) is 1.40. The normalized spacial score (nSPS) is 23.4. The number of esters is 1. The van der Waals surface area contributed by atoms with E-state index in [-0.39, 0.29) is 18.5 Å². The van der Waals surface area contributed by atoms with Crippen LogP contribution in [0.1, 0.15) is 18.4 Å². The van der Waals surface area contributed by atoms with Crippen LogP contribution < -0.4 is 5.32 Å². The number of amides is 1. The minimum Gasteiger partial charge on any atom is -0.498 e. The summed E-state index contributed by atoms with van der Waals surface area (Å²) in [5.41, 5.74) is 2.68. The van der Waals surface area contributed by atoms with E-state index in [4.69, 9.17) is 9.47 Å². The fourth-order valence-corrected chi connectivity index (χ4v) is 3.57. The largest absolute Gasteiger partial charge is 0.498 e. The zero-order valence-corrected chi connectivity index (χ0v) is 14.4. The highest BCUT2D eigenvalue weighted by Gasteiger charge is 2.46. The Morgan fingerprint density at radius 2 is 2.19 bits per heavy atom. The van der Waals surface area contributed by atoms with Gasteiger partial charge in [0.15, 0.2) is 0 Å². The molecule has 4 rings (SSSR count). The SMILES string of the molecule is CCOC(=O)C1CN2N=CN=C(C3C(=O)Nc4ccccc43)C2=C1OC. The zero-order valence-electron chi connectivity index (χ0n) is 14.4. The van der Waals surface area contributed by atoms with Crippen molar-refractivity contribution in [2.24, 2.45) is 16.0 Å². The van der Waals surface area contributed by atoms with Gasteiger partial charge in [0.05, 0.1) is 26.0 Å². The number of aliphatic imine (C=N–C) groups is 1. The van der Waals surface area contributed by atoms with Gasteiger partial charge in [0.2, 0.25) is 5.91 Å². The molecule has 0 saturated carbocycles. The second kappa shape index (κ2) is 6.29. The molecule has 1 aromatic rings. The van der Waals surface area contributed by atoms with E-state index >= 15 is 0 Å². The molecule has 3 aliphatic rings. The molecule has 0 aromatic heterocycles. The van der Waals surface area contributed by atoms with Gasteiger partial charge in [0.25, 0.3) is 0 Å². The minimum absolute atomic E-state index is 0.164. The van der Waals surface area contributed by atoms with Gasteiger partial charge in [-0.1, -0.05) is 18.2 Å². The van der Waals surface area contributed by atoms with Crippen molar-refractivity contribution >= 4 is 29.6 Å². The Labute approximate surface area is 150 Å². The van der Waals surface area contributed by atoms with Crippen LogP contribution in [0.2, 0.25) is 0 Å². The average Bonchev–Trinajstić information content (AvgIpc) is 3.18. The van der Waals surface area contributed by atoms with Crippen molar-refractivity contribution in [3.8, 4) is 0 Å². The number of nitrogens with zero attached hydrogens (tertiary/aromatic N) is 3. The first kappa shape index (κ1) is 16.3. The quantitative estimate of drug-likeness (QED) is 0.827. The third kappa shape index (κ3) is 2.37. The number of benzene rings is 1. The van der Waals surface area contributed by atoms with Crippen LogP contribution in [0.5, 0.6) is 0 Å². The van der Waals surface area contributed by atoms with Crippen molar-refractivity contribution in [1.82, 2.24) is 5.01 Å². The molecule has 1 aromatic carbocycles. The molecule has 0 radical (unpaired) electrons. The van der Waals surface area contributed by atoms with Gasteiger partial charge < -0.3 is 14.8 Å². The first-order chi connectivity index (χ1) is 12.7. The number of hydrogen-bond acceptors (Lipinski definition) is 7. The maximum Gasteiger partial charge on any atom is 0.318 e. The van der Waals surface area contributed by atoms with Crippen LogP contribution in [0.25, 0.3) is 0 Å². The number of hydrazone groups is 1. The molecule has 0 fully saturated rings. The molecule has 8 heteroatoms. The molecular weight excluding hydrogens is 336 g/mol. The molecule has 26 heavy (non-hydrogen) atoms. The van der Waals surface area contributed by atoms with Crippen LogP contribution in [-0.4, -0.2) is 49.2 Å². The van der Waals surface area contributed by atoms with Crippen LogP contribution in [0.3, 0.4) is 0 Å². The van der Waals surface area contributed by atoms with Crippen molar-refractivity contribution in [2.75, 3.05) is 25.6 Å². The Morgan fingerprint density at radius 3 is 2.96 bits per heavy atom. The lowest BCUT2D eigenvalue weighted by molar-refractivity contribution is -0.147. The topological polar surface area (TPSA) is 92.6 Å². The predicted octanol–water partition coefficient (Wildman–Crippen LogP) is 1.47. The number of allylic oxidation sites excluding steroid dienone is 1. The van der Waals surface area contributed by atoms with Gasteiger partial charge >= 0.3 is 5.97 Å². The van der Waals surface area contributed by atoms with E-state index in [1.165, 1.54) is 13.4 Å². The number of nitrogens with one attached hydrogen (secondary N) is 1. The van der Waals surface area contributed by atoms with Crippen LogP contribution in [0.4, 0.5) is 5.69 Å². The van der Waals surface area contributed by atoms with Crippen molar-refractivity contribution in [3.63, 3.8) is 0 Å². The fourth-order valence-electron chi connectivity index (χ4n) is 3.57. The Morgan fingerprint density at radius 1 is 1.38 bits per heavy atom. The maximum absolute atomic E-state index is 12.6. The minimum atomic E-state index is -0.602. The van der Waals surface area contributed by atoms with Gasteiger partial charge in [0, 0.05) is 5.69 Å². The van der Waals surface area contributed by atoms with Crippen LogP contribution in [0, 0.1) is 5.92 Å². The molecule has 2 unspecified atom stereocenters. The number of rotatable bonds is 4. The van der Waals surface area contributed by atoms with Crippen LogP contribution >= 0.6 is 0 Å². The maximum atomic E-state index is 12.6. The summed E-state index contributed by atoms with van der Waals surface area (Å²) >= 11 is 0. The third-order valence-electron chi connectivity index (χ3n) is 4.65. The van der Waals surface area contributed by atoms with E-state index in [0.29, 0.717) is 23.7 Å². The van der Waals surface area contributed by atoms with E-state index in [0.717, 1.165) is 11.3 Å². The summed E-state index contributed by atoms with van der Waals surface area (Å²) in [4.78, 5) is 29.3. The Hall–Kier alpha value is -3.16. The average molecular weight is 354 g/mol. The van der Waals surface area contributed by atoms with Gasteiger partial charge in [-0.25, -0.2) is 4.99 Å². The number of carbonyl (C=O) groups is 2. The summed E-state index contributed by atoms with van der Waals surface area (Å²) in [7, 11) is 1.50. The standard InChI is InChI=1S/C18H18N4O4/c1-3-26-18(24)11-8-22-15(16(11)25-2)14(19-9-20-22)13-10-6-4-5-7-12(10)21-17(13)23/h4-7,9,11,13H,3,8H2,1-2H3,(H,21,23). The molecule has 0 aliphatic carbocycles. The highest BCUT2D eigenvalue weighted by atomic mass is 16.5. The lowest BCUT2D eigenvalue weighted by Gasteiger charge is -2.23. The zero-order chi connectivity index (χ0) is 18.3. The van der Waals surface area contributed by atoms with Gasteiger partial charge in [-0.3, -0.25) is 14.6 Å². The molecule has 3 heterocycles. The Kier molecular flexibility index (Phi) is 3.95. The van der Waals surface area contributed by atoms with E-state index in [1.54, 1.807) is 11.9 Å². The first-order valence-electron chi connectivity index (χ1n) is 8.38. The number of para-hydroxylation sites is 1. The van der Waals surface area contributed by atoms with E-state index in [9.17, 15) is 9.59 Å². The van der Waals surface area contributed by atoms with Crippen molar-refractivity contribution in [2.45, 2.75) is 12.8 Å². The van der Waals surface area contributed by atoms with Gasteiger partial charge in [-0.05, 0) is 18.6 Å². The monoisotopic (exact) mass is 354 g/mol. The second-order valence-electron chi connectivity index (χ2n) is 6.06. The molecule has 1 N–H and O–H groups in total. The predicted molar refractivity (Wildman–Crippen MR) is 94.6 cm³/mol. The molecule has 0 bridgehead atoms. The van der Waals surface area contributed by atoms with Gasteiger partial charge in [-0.2, -0.15) is 5.10 Å². The number of hydrogen-bond donors (Lipinski definition) is 1. The highest BCUT2D eigenvalue weighted by Crippen LogP contribution is 2.40.